The molecule has 0 fully saturated rings. The van der Waals surface area contributed by atoms with E-state index < -0.39 is 17.3 Å². The maximum absolute atomic E-state index is 12.9. The molecule has 0 bridgehead atoms. The molecule has 1 aliphatic rings. The number of nitrogens with one attached hydrogen (secondary N) is 1. The number of hydrogen-bond donors (Lipinski definition) is 2. The highest BCUT2D eigenvalue weighted by Crippen LogP contribution is 2.19. The highest BCUT2D eigenvalue weighted by atomic mass is 19.1. The normalized spacial score (nSPS) is 13.5. The number of fused-ring (bicyclic) bond motifs is 1. The molecule has 0 atom stereocenters. The number of carbonyl (C=O) groups excluding carboxylic acids is 1. The molecule has 2 N–H and O–H groups in total. The van der Waals surface area contributed by atoms with Crippen molar-refractivity contribution in [3.8, 4) is 5.75 Å². The molecular formula is C17H17FN4O3. The van der Waals surface area contributed by atoms with Crippen molar-refractivity contribution in [2.24, 2.45) is 0 Å². The Hall–Kier alpha value is -3.16. The van der Waals surface area contributed by atoms with E-state index in [1.807, 2.05) is 0 Å². The average Bonchev–Trinajstić information content (AvgIpc) is 2.60. The summed E-state index contributed by atoms with van der Waals surface area (Å²) in [4.78, 5) is 30.0. The van der Waals surface area contributed by atoms with Gasteiger partial charge in [0.2, 0.25) is 5.75 Å². The van der Waals surface area contributed by atoms with Crippen LogP contribution in [0.4, 0.5) is 9.18 Å². The van der Waals surface area contributed by atoms with Crippen LogP contribution in [0.5, 0.6) is 5.75 Å². The van der Waals surface area contributed by atoms with E-state index in [-0.39, 0.29) is 23.0 Å². The Kier molecular flexibility index (Phi) is 4.26. The van der Waals surface area contributed by atoms with Crippen LogP contribution < -0.4 is 10.9 Å². The average molecular weight is 344 g/mol. The van der Waals surface area contributed by atoms with Crippen molar-refractivity contribution in [2.45, 2.75) is 13.0 Å². The molecule has 0 aliphatic carbocycles. The second-order valence-corrected chi connectivity index (χ2v) is 5.78. The minimum atomic E-state index is -0.818. The number of likely N-dealkylation sites (N-methyl/N-ethyl adjacent to an activating group) is 1. The van der Waals surface area contributed by atoms with E-state index in [2.05, 4.69) is 16.9 Å². The van der Waals surface area contributed by atoms with E-state index in [0.29, 0.717) is 19.5 Å². The first-order valence-electron chi connectivity index (χ1n) is 7.66. The van der Waals surface area contributed by atoms with Gasteiger partial charge >= 0.3 is 11.6 Å². The van der Waals surface area contributed by atoms with Crippen molar-refractivity contribution in [3.05, 3.63) is 64.1 Å². The third-order valence-electron chi connectivity index (χ3n) is 4.02. The molecule has 0 spiro atoms. The molecule has 2 aromatic rings. The van der Waals surface area contributed by atoms with Gasteiger partial charge in [-0.3, -0.25) is 4.79 Å². The summed E-state index contributed by atoms with van der Waals surface area (Å²) in [6, 6.07) is 5.37. The minimum Gasteiger partial charge on any atom is -0.501 e. The van der Waals surface area contributed by atoms with E-state index >= 15 is 0 Å². The quantitative estimate of drug-likeness (QED) is 0.873. The summed E-state index contributed by atoms with van der Waals surface area (Å²) < 4.78 is 13.8. The summed E-state index contributed by atoms with van der Waals surface area (Å²) in [7, 11) is 1.58. The summed E-state index contributed by atoms with van der Waals surface area (Å²) in [6.45, 7) is 4.55. The zero-order valence-corrected chi connectivity index (χ0v) is 13.6. The lowest BCUT2D eigenvalue weighted by molar-refractivity contribution is 0.201. The maximum atomic E-state index is 12.9. The SMILES string of the molecule is C=C(NCc1ccc(F)cc1)c1nc2n(c(=O)c1O)C(=O)N(C)CC2. The number of benzene rings is 1. The number of hydrogen-bond acceptors (Lipinski definition) is 5. The molecule has 8 heteroatoms. The van der Waals surface area contributed by atoms with Gasteiger partial charge in [-0.25, -0.2) is 18.7 Å². The first-order chi connectivity index (χ1) is 11.9. The Bertz CT molecular complexity index is 905. The van der Waals surface area contributed by atoms with Crippen molar-refractivity contribution >= 4 is 11.7 Å². The predicted molar refractivity (Wildman–Crippen MR) is 89.6 cm³/mol. The molecule has 0 radical (unpaired) electrons. The number of aromatic hydroxyl groups is 1. The molecule has 3 rings (SSSR count). The van der Waals surface area contributed by atoms with E-state index in [9.17, 15) is 19.1 Å². The van der Waals surface area contributed by atoms with Gasteiger partial charge in [0.15, 0.2) is 0 Å². The van der Waals surface area contributed by atoms with Gasteiger partial charge in [-0.15, -0.1) is 0 Å². The Morgan fingerprint density at radius 1 is 1.36 bits per heavy atom. The molecule has 25 heavy (non-hydrogen) atoms. The third kappa shape index (κ3) is 3.10. The largest absolute Gasteiger partial charge is 0.501 e. The Morgan fingerprint density at radius 3 is 2.72 bits per heavy atom. The standard InChI is InChI=1S/C17H17FN4O3/c1-10(19-9-11-3-5-12(18)6-4-11)14-15(23)16(24)22-13(20-14)7-8-21(2)17(22)25/h3-6,19,23H,1,7-9H2,2H3. The second kappa shape index (κ2) is 6.39. The predicted octanol–water partition coefficient (Wildman–Crippen LogP) is 1.30. The van der Waals surface area contributed by atoms with Crippen LogP contribution in [0, 0.1) is 5.82 Å². The number of aromatic nitrogens is 2. The fourth-order valence-electron chi connectivity index (χ4n) is 2.56. The van der Waals surface area contributed by atoms with E-state index in [0.717, 1.165) is 10.1 Å². The van der Waals surface area contributed by atoms with Crippen molar-refractivity contribution in [2.75, 3.05) is 13.6 Å². The number of rotatable bonds is 4. The molecule has 2 heterocycles. The smallest absolute Gasteiger partial charge is 0.332 e. The Balaban J connectivity index is 1.86. The second-order valence-electron chi connectivity index (χ2n) is 5.78. The number of nitrogens with zero attached hydrogens (tertiary/aromatic N) is 3. The van der Waals surface area contributed by atoms with Crippen LogP contribution in [0.2, 0.25) is 0 Å². The van der Waals surface area contributed by atoms with Gasteiger partial charge in [0, 0.05) is 26.6 Å². The molecule has 1 aromatic carbocycles. The summed E-state index contributed by atoms with van der Waals surface area (Å²) >= 11 is 0. The van der Waals surface area contributed by atoms with Gasteiger partial charge in [0.1, 0.15) is 17.3 Å². The molecule has 0 saturated carbocycles. The zero-order chi connectivity index (χ0) is 18.1. The number of amides is 1. The van der Waals surface area contributed by atoms with Crippen LogP contribution in [0.15, 0.2) is 35.6 Å². The summed E-state index contributed by atoms with van der Waals surface area (Å²) in [6.07, 6.45) is 0.399. The Morgan fingerprint density at radius 2 is 2.04 bits per heavy atom. The summed E-state index contributed by atoms with van der Waals surface area (Å²) in [5.74, 6) is -0.686. The highest BCUT2D eigenvalue weighted by molar-refractivity contribution is 5.79. The van der Waals surface area contributed by atoms with E-state index in [1.54, 1.807) is 19.2 Å². The zero-order valence-electron chi connectivity index (χ0n) is 13.6. The first kappa shape index (κ1) is 16.7. The molecule has 1 aliphatic heterocycles. The molecule has 1 aromatic heterocycles. The minimum absolute atomic E-state index is 0.00992. The number of halogens is 1. The van der Waals surface area contributed by atoms with Gasteiger partial charge < -0.3 is 15.3 Å². The van der Waals surface area contributed by atoms with Crippen LogP contribution in [-0.4, -0.2) is 39.2 Å². The first-order valence-corrected chi connectivity index (χ1v) is 7.66. The van der Waals surface area contributed by atoms with Crippen LogP contribution in [0.3, 0.4) is 0 Å². The maximum Gasteiger partial charge on any atom is 0.332 e. The lowest BCUT2D eigenvalue weighted by Gasteiger charge is -2.25. The van der Waals surface area contributed by atoms with Gasteiger partial charge in [-0.2, -0.15) is 0 Å². The monoisotopic (exact) mass is 344 g/mol. The molecule has 1 amide bonds. The van der Waals surface area contributed by atoms with Crippen LogP contribution in [0.25, 0.3) is 5.70 Å². The third-order valence-corrected chi connectivity index (χ3v) is 4.02. The molecule has 0 saturated heterocycles. The van der Waals surface area contributed by atoms with Crippen molar-refractivity contribution in [1.29, 1.82) is 0 Å². The van der Waals surface area contributed by atoms with E-state index in [4.69, 9.17) is 0 Å². The van der Waals surface area contributed by atoms with Gasteiger partial charge in [0.05, 0.1) is 5.70 Å². The topological polar surface area (TPSA) is 87.5 Å². The molecular weight excluding hydrogens is 327 g/mol. The fourth-order valence-corrected chi connectivity index (χ4v) is 2.56. The highest BCUT2D eigenvalue weighted by Gasteiger charge is 2.27. The summed E-state index contributed by atoms with van der Waals surface area (Å²) in [5.41, 5.74) is 0.235. The van der Waals surface area contributed by atoms with Crippen LogP contribution in [0.1, 0.15) is 17.1 Å². The summed E-state index contributed by atoms with van der Waals surface area (Å²) in [5, 5.41) is 13.1. The van der Waals surface area contributed by atoms with Gasteiger partial charge in [-0.1, -0.05) is 18.7 Å². The fraction of sp³-hybridized carbons (Fsp3) is 0.235. The lowest BCUT2D eigenvalue weighted by atomic mass is 10.2. The van der Waals surface area contributed by atoms with Crippen LogP contribution in [-0.2, 0) is 13.0 Å². The van der Waals surface area contributed by atoms with Crippen molar-refractivity contribution in [3.63, 3.8) is 0 Å². The lowest BCUT2D eigenvalue weighted by Crippen LogP contribution is -2.45. The van der Waals surface area contributed by atoms with E-state index in [1.165, 1.54) is 17.0 Å². The molecule has 7 nitrogen and oxygen atoms in total. The molecule has 0 unspecified atom stereocenters. The van der Waals surface area contributed by atoms with Crippen LogP contribution >= 0.6 is 0 Å². The van der Waals surface area contributed by atoms with Gasteiger partial charge in [0.25, 0.3) is 0 Å². The van der Waals surface area contributed by atoms with Gasteiger partial charge in [-0.05, 0) is 17.7 Å². The number of carbonyl (C=O) groups is 1. The van der Waals surface area contributed by atoms with Crippen molar-refractivity contribution in [1.82, 2.24) is 19.8 Å². The molecule has 130 valence electrons. The van der Waals surface area contributed by atoms with Crippen molar-refractivity contribution < 1.29 is 14.3 Å². The Labute approximate surface area is 143 Å².